The fourth-order valence-corrected chi connectivity index (χ4v) is 3.06. The number of aryl methyl sites for hydroxylation is 3. The van der Waals surface area contributed by atoms with Crippen molar-refractivity contribution in [3.63, 3.8) is 0 Å². The van der Waals surface area contributed by atoms with Gasteiger partial charge in [0.1, 0.15) is 0 Å². The topological polar surface area (TPSA) is 12.0 Å². The van der Waals surface area contributed by atoms with E-state index in [1.165, 1.54) is 28.0 Å². The lowest BCUT2D eigenvalue weighted by Gasteiger charge is -2.13. The molecule has 1 unspecified atom stereocenters. The summed E-state index contributed by atoms with van der Waals surface area (Å²) in [6.45, 7) is 7.62. The predicted molar refractivity (Wildman–Crippen MR) is 84.9 cm³/mol. The molecule has 2 rings (SSSR count). The molecule has 0 amide bonds. The van der Waals surface area contributed by atoms with Crippen LogP contribution in [0.4, 0.5) is 0 Å². The summed E-state index contributed by atoms with van der Waals surface area (Å²) in [6.07, 6.45) is 2.34. The molecule has 1 heterocycles. The largest absolute Gasteiger partial charge is 0.309 e. The fraction of sp³-hybridized carbons (Fsp3) is 0.412. The Kier molecular flexibility index (Phi) is 5.17. The van der Waals surface area contributed by atoms with E-state index in [1.807, 2.05) is 11.3 Å². The molecule has 1 aromatic heterocycles. The summed E-state index contributed by atoms with van der Waals surface area (Å²) in [5.41, 5.74) is 4.21. The van der Waals surface area contributed by atoms with Crippen LogP contribution in [0.25, 0.3) is 0 Å². The van der Waals surface area contributed by atoms with E-state index < -0.39 is 0 Å². The van der Waals surface area contributed by atoms with Crippen LogP contribution in [0, 0.1) is 13.8 Å². The van der Waals surface area contributed by atoms with Gasteiger partial charge >= 0.3 is 0 Å². The maximum absolute atomic E-state index is 3.62. The van der Waals surface area contributed by atoms with Crippen LogP contribution in [-0.2, 0) is 13.0 Å². The van der Waals surface area contributed by atoms with Gasteiger partial charge in [0.05, 0.1) is 0 Å². The monoisotopic (exact) mass is 273 g/mol. The van der Waals surface area contributed by atoms with E-state index in [-0.39, 0.29) is 0 Å². The van der Waals surface area contributed by atoms with Gasteiger partial charge in [0.25, 0.3) is 0 Å². The molecule has 1 aromatic carbocycles. The summed E-state index contributed by atoms with van der Waals surface area (Å²) in [6, 6.07) is 11.6. The van der Waals surface area contributed by atoms with E-state index in [4.69, 9.17) is 0 Å². The van der Waals surface area contributed by atoms with Crippen LogP contribution in [0.3, 0.4) is 0 Å². The van der Waals surface area contributed by atoms with Gasteiger partial charge in [0, 0.05) is 17.5 Å². The minimum atomic E-state index is 0.557. The van der Waals surface area contributed by atoms with Crippen LogP contribution in [0.15, 0.2) is 35.7 Å². The van der Waals surface area contributed by atoms with Gasteiger partial charge in [0.15, 0.2) is 0 Å². The van der Waals surface area contributed by atoms with Crippen molar-refractivity contribution in [1.29, 1.82) is 0 Å². The molecule has 0 radical (unpaired) electrons. The Hall–Kier alpha value is -1.12. The van der Waals surface area contributed by atoms with E-state index in [9.17, 15) is 0 Å². The molecule has 1 nitrogen and oxygen atoms in total. The molecule has 1 N–H and O–H groups in total. The van der Waals surface area contributed by atoms with Crippen molar-refractivity contribution >= 4 is 11.3 Å². The molecule has 0 saturated carbocycles. The van der Waals surface area contributed by atoms with Crippen LogP contribution in [0.2, 0.25) is 0 Å². The van der Waals surface area contributed by atoms with Crippen LogP contribution in [0.5, 0.6) is 0 Å². The first kappa shape index (κ1) is 14.3. The van der Waals surface area contributed by atoms with Gasteiger partial charge in [-0.25, -0.2) is 0 Å². The van der Waals surface area contributed by atoms with Crippen molar-refractivity contribution in [2.24, 2.45) is 0 Å². The molecule has 0 aliphatic heterocycles. The first-order chi connectivity index (χ1) is 9.15. The SMILES string of the molecule is Cc1cccc(CCC(C)NCc2sccc2C)c1. The van der Waals surface area contributed by atoms with Gasteiger partial charge in [-0.05, 0) is 56.2 Å². The summed E-state index contributed by atoms with van der Waals surface area (Å²) in [5, 5.41) is 5.79. The third-order valence-corrected chi connectivity index (χ3v) is 4.55. The van der Waals surface area contributed by atoms with Gasteiger partial charge < -0.3 is 5.32 Å². The summed E-state index contributed by atoms with van der Waals surface area (Å²) < 4.78 is 0. The number of benzene rings is 1. The molecule has 19 heavy (non-hydrogen) atoms. The van der Waals surface area contributed by atoms with Gasteiger partial charge in [-0.3, -0.25) is 0 Å². The average Bonchev–Trinajstić information content (AvgIpc) is 2.80. The number of nitrogens with one attached hydrogen (secondary N) is 1. The molecule has 0 fully saturated rings. The van der Waals surface area contributed by atoms with Gasteiger partial charge in [0.2, 0.25) is 0 Å². The molecular formula is C17H23NS. The minimum absolute atomic E-state index is 0.557. The van der Waals surface area contributed by atoms with Crippen molar-refractivity contribution in [2.75, 3.05) is 0 Å². The summed E-state index contributed by atoms with van der Waals surface area (Å²) in [5.74, 6) is 0. The van der Waals surface area contributed by atoms with Crippen LogP contribution >= 0.6 is 11.3 Å². The lowest BCUT2D eigenvalue weighted by Crippen LogP contribution is -2.25. The Morgan fingerprint density at radius 2 is 2.05 bits per heavy atom. The molecule has 2 aromatic rings. The van der Waals surface area contributed by atoms with E-state index in [2.05, 4.69) is 61.8 Å². The molecule has 0 bridgehead atoms. The average molecular weight is 273 g/mol. The maximum atomic E-state index is 3.62. The highest BCUT2D eigenvalue weighted by Gasteiger charge is 2.05. The molecule has 1 atom stereocenters. The molecule has 2 heteroatoms. The Bertz CT molecular complexity index is 515. The highest BCUT2D eigenvalue weighted by atomic mass is 32.1. The zero-order chi connectivity index (χ0) is 13.7. The first-order valence-corrected chi connectivity index (χ1v) is 7.85. The Labute approximate surface area is 120 Å². The quantitative estimate of drug-likeness (QED) is 0.818. The summed E-state index contributed by atoms with van der Waals surface area (Å²) in [7, 11) is 0. The van der Waals surface area contributed by atoms with E-state index in [0.29, 0.717) is 6.04 Å². The molecular weight excluding hydrogens is 250 g/mol. The maximum Gasteiger partial charge on any atom is 0.0304 e. The second-order valence-corrected chi connectivity index (χ2v) is 6.34. The molecule has 0 aliphatic rings. The van der Waals surface area contributed by atoms with Crippen molar-refractivity contribution in [1.82, 2.24) is 5.32 Å². The van der Waals surface area contributed by atoms with Crippen LogP contribution in [0.1, 0.15) is 34.9 Å². The smallest absolute Gasteiger partial charge is 0.0304 e. The number of hydrogen-bond acceptors (Lipinski definition) is 2. The zero-order valence-corrected chi connectivity index (χ0v) is 12.9. The Morgan fingerprint density at radius 3 is 2.74 bits per heavy atom. The first-order valence-electron chi connectivity index (χ1n) is 6.97. The Morgan fingerprint density at radius 1 is 1.21 bits per heavy atom. The zero-order valence-electron chi connectivity index (χ0n) is 12.1. The number of hydrogen-bond donors (Lipinski definition) is 1. The minimum Gasteiger partial charge on any atom is -0.309 e. The third-order valence-electron chi connectivity index (χ3n) is 3.53. The second-order valence-electron chi connectivity index (χ2n) is 5.34. The Balaban J connectivity index is 1.76. The second kappa shape index (κ2) is 6.88. The highest BCUT2D eigenvalue weighted by molar-refractivity contribution is 7.10. The van der Waals surface area contributed by atoms with Crippen molar-refractivity contribution < 1.29 is 0 Å². The van der Waals surface area contributed by atoms with Crippen molar-refractivity contribution in [3.05, 3.63) is 57.3 Å². The van der Waals surface area contributed by atoms with E-state index >= 15 is 0 Å². The molecule has 0 spiro atoms. The number of rotatable bonds is 6. The summed E-state index contributed by atoms with van der Waals surface area (Å²) >= 11 is 1.85. The van der Waals surface area contributed by atoms with Crippen LogP contribution in [-0.4, -0.2) is 6.04 Å². The number of thiophene rings is 1. The molecule has 102 valence electrons. The lowest BCUT2D eigenvalue weighted by atomic mass is 10.0. The normalized spacial score (nSPS) is 12.6. The standard InChI is InChI=1S/C17H23NS/c1-13-5-4-6-16(11-13)8-7-15(3)18-12-17-14(2)9-10-19-17/h4-6,9-11,15,18H,7-8,12H2,1-3H3. The van der Waals surface area contributed by atoms with Gasteiger partial charge in [-0.1, -0.05) is 29.8 Å². The van der Waals surface area contributed by atoms with Gasteiger partial charge in [-0.15, -0.1) is 11.3 Å². The fourth-order valence-electron chi connectivity index (χ4n) is 2.21. The highest BCUT2D eigenvalue weighted by Crippen LogP contribution is 2.15. The molecule has 0 saturated heterocycles. The third kappa shape index (κ3) is 4.48. The molecule has 0 aliphatic carbocycles. The van der Waals surface area contributed by atoms with Gasteiger partial charge in [-0.2, -0.15) is 0 Å². The lowest BCUT2D eigenvalue weighted by molar-refractivity contribution is 0.516. The predicted octanol–water partition coefficient (Wildman–Crippen LogP) is 4.48. The van der Waals surface area contributed by atoms with E-state index in [0.717, 1.165) is 13.0 Å². The van der Waals surface area contributed by atoms with Crippen molar-refractivity contribution in [3.8, 4) is 0 Å². The van der Waals surface area contributed by atoms with Crippen LogP contribution < -0.4 is 5.32 Å². The van der Waals surface area contributed by atoms with Crippen molar-refractivity contribution in [2.45, 2.75) is 46.2 Å². The van der Waals surface area contributed by atoms with E-state index in [1.54, 1.807) is 0 Å². The summed E-state index contributed by atoms with van der Waals surface area (Å²) in [4.78, 5) is 1.46.